The van der Waals surface area contributed by atoms with Gasteiger partial charge in [-0.25, -0.2) is 14.4 Å². The highest BCUT2D eigenvalue weighted by Crippen LogP contribution is 2.26. The van der Waals surface area contributed by atoms with Crippen molar-refractivity contribution in [3.05, 3.63) is 36.3 Å². The van der Waals surface area contributed by atoms with Crippen LogP contribution in [0.3, 0.4) is 0 Å². The van der Waals surface area contributed by atoms with Crippen LogP contribution >= 0.6 is 0 Å². The highest BCUT2D eigenvalue weighted by Gasteiger charge is 2.14. The highest BCUT2D eigenvalue weighted by molar-refractivity contribution is 5.66. The van der Waals surface area contributed by atoms with Gasteiger partial charge in [-0.3, -0.25) is 0 Å². The lowest BCUT2D eigenvalue weighted by Crippen LogP contribution is -2.36. The largest absolute Gasteiger partial charge is 0.378 e. The molecule has 0 unspecified atom stereocenters. The van der Waals surface area contributed by atoms with Crippen LogP contribution in [-0.4, -0.2) is 36.3 Å². The summed E-state index contributed by atoms with van der Waals surface area (Å²) in [7, 11) is 0. The second kappa shape index (κ2) is 5.42. The third kappa shape index (κ3) is 2.55. The molecule has 1 saturated heterocycles. The van der Waals surface area contributed by atoms with Gasteiger partial charge in [-0.1, -0.05) is 12.1 Å². The maximum absolute atomic E-state index is 13.8. The molecule has 1 aliphatic rings. The quantitative estimate of drug-likeness (QED) is 0.903. The zero-order chi connectivity index (χ0) is 13.9. The Bertz CT molecular complexity index is 614. The van der Waals surface area contributed by atoms with E-state index >= 15 is 0 Å². The maximum Gasteiger partial charge on any atom is 0.220 e. The van der Waals surface area contributed by atoms with Crippen LogP contribution in [0.4, 0.5) is 16.0 Å². The van der Waals surface area contributed by atoms with E-state index in [1.165, 1.54) is 0 Å². The first-order chi connectivity index (χ1) is 9.74. The molecule has 0 saturated carbocycles. The molecule has 1 aromatic carbocycles. The number of anilines is 2. The average molecular weight is 274 g/mol. The Morgan fingerprint density at radius 2 is 2.05 bits per heavy atom. The highest BCUT2D eigenvalue weighted by atomic mass is 19.1. The van der Waals surface area contributed by atoms with E-state index in [1.807, 2.05) is 24.3 Å². The van der Waals surface area contributed by atoms with Crippen LogP contribution in [0.2, 0.25) is 0 Å². The van der Waals surface area contributed by atoms with Gasteiger partial charge in [0.1, 0.15) is 5.69 Å². The van der Waals surface area contributed by atoms with E-state index in [-0.39, 0.29) is 11.6 Å². The number of hydrogen-bond acceptors (Lipinski definition) is 5. The molecule has 2 aromatic rings. The number of morpholine rings is 1. The Labute approximate surface area is 116 Å². The molecule has 1 aliphatic heterocycles. The number of nitrogen functional groups attached to an aromatic ring is 1. The van der Waals surface area contributed by atoms with Gasteiger partial charge in [-0.2, -0.15) is 0 Å². The topological polar surface area (TPSA) is 64.3 Å². The maximum atomic E-state index is 13.8. The van der Waals surface area contributed by atoms with Crippen molar-refractivity contribution in [1.29, 1.82) is 0 Å². The molecular formula is C14H15FN4O. The fourth-order valence-corrected chi connectivity index (χ4v) is 2.25. The van der Waals surface area contributed by atoms with Crippen LogP contribution in [-0.2, 0) is 4.74 Å². The summed E-state index contributed by atoms with van der Waals surface area (Å²) < 4.78 is 19.1. The monoisotopic (exact) mass is 274 g/mol. The van der Waals surface area contributed by atoms with Gasteiger partial charge < -0.3 is 15.4 Å². The number of nitrogens with two attached hydrogens (primary N) is 1. The Morgan fingerprint density at radius 3 is 2.85 bits per heavy atom. The third-order valence-electron chi connectivity index (χ3n) is 3.26. The summed E-state index contributed by atoms with van der Waals surface area (Å²) in [6.45, 7) is 3.08. The number of benzene rings is 1. The average Bonchev–Trinajstić information content (AvgIpc) is 2.51. The second-order valence-corrected chi connectivity index (χ2v) is 4.57. The molecule has 0 amide bonds. The van der Waals surface area contributed by atoms with Crippen molar-refractivity contribution in [1.82, 2.24) is 9.97 Å². The predicted octanol–water partition coefficient (Wildman–Crippen LogP) is 1.70. The number of aromatic nitrogens is 2. The van der Waals surface area contributed by atoms with Crippen molar-refractivity contribution in [2.45, 2.75) is 0 Å². The molecule has 104 valence electrons. The smallest absolute Gasteiger partial charge is 0.220 e. The van der Waals surface area contributed by atoms with Gasteiger partial charge in [0.05, 0.1) is 19.4 Å². The molecular weight excluding hydrogens is 259 g/mol. The molecule has 3 rings (SSSR count). The van der Waals surface area contributed by atoms with Gasteiger partial charge in [-0.15, -0.1) is 0 Å². The molecule has 0 atom stereocenters. The Kier molecular flexibility index (Phi) is 3.47. The van der Waals surface area contributed by atoms with Crippen LogP contribution in [0.15, 0.2) is 30.5 Å². The van der Waals surface area contributed by atoms with Crippen LogP contribution in [0.25, 0.3) is 11.3 Å². The van der Waals surface area contributed by atoms with Crippen LogP contribution in [0, 0.1) is 5.82 Å². The molecule has 1 aromatic heterocycles. The molecule has 0 spiro atoms. The van der Waals surface area contributed by atoms with Gasteiger partial charge >= 0.3 is 0 Å². The van der Waals surface area contributed by atoms with E-state index in [0.717, 1.165) is 25.0 Å². The molecule has 1 fully saturated rings. The molecule has 0 radical (unpaired) electrons. The van der Waals surface area contributed by atoms with Crippen LogP contribution in [0.5, 0.6) is 0 Å². The molecule has 0 bridgehead atoms. The Morgan fingerprint density at radius 1 is 1.25 bits per heavy atom. The summed E-state index contributed by atoms with van der Waals surface area (Å²) in [5, 5.41) is 0. The van der Waals surface area contributed by atoms with Crippen LogP contribution in [0.1, 0.15) is 0 Å². The number of hydrogen-bond donors (Lipinski definition) is 1. The first-order valence-electron chi connectivity index (χ1n) is 6.45. The second-order valence-electron chi connectivity index (χ2n) is 4.57. The standard InChI is InChI=1S/C14H15FN4O/c15-12-9-17-14(16)18-13(12)10-2-1-3-11(8-10)19-4-6-20-7-5-19/h1-3,8-9H,4-7H2,(H2,16,17,18). The van der Waals surface area contributed by atoms with Gasteiger partial charge in [0.2, 0.25) is 5.95 Å². The first kappa shape index (κ1) is 12.8. The van der Waals surface area contributed by atoms with Crippen molar-refractivity contribution in [2.75, 3.05) is 36.9 Å². The fraction of sp³-hybridized carbons (Fsp3) is 0.286. The van der Waals surface area contributed by atoms with E-state index < -0.39 is 5.82 Å². The zero-order valence-electron chi connectivity index (χ0n) is 10.9. The van der Waals surface area contributed by atoms with Crippen molar-refractivity contribution in [3.63, 3.8) is 0 Å². The minimum absolute atomic E-state index is 0.0678. The molecule has 20 heavy (non-hydrogen) atoms. The van der Waals surface area contributed by atoms with Crippen LogP contribution < -0.4 is 10.6 Å². The summed E-state index contributed by atoms with van der Waals surface area (Å²) in [5.74, 6) is -0.406. The van der Waals surface area contributed by atoms with Gasteiger partial charge in [0.15, 0.2) is 5.82 Å². The molecule has 6 heteroatoms. The van der Waals surface area contributed by atoms with E-state index in [9.17, 15) is 4.39 Å². The van der Waals surface area contributed by atoms with Crippen molar-refractivity contribution in [3.8, 4) is 11.3 Å². The molecule has 2 N–H and O–H groups in total. The molecule has 0 aliphatic carbocycles. The van der Waals surface area contributed by atoms with Crippen molar-refractivity contribution >= 4 is 11.6 Å². The minimum atomic E-state index is -0.474. The number of nitrogens with zero attached hydrogens (tertiary/aromatic N) is 3. The van der Waals surface area contributed by atoms with Crippen molar-refractivity contribution < 1.29 is 9.13 Å². The summed E-state index contributed by atoms with van der Waals surface area (Å²) in [5.41, 5.74) is 7.48. The molecule has 5 nitrogen and oxygen atoms in total. The van der Waals surface area contributed by atoms with Gasteiger partial charge in [0.25, 0.3) is 0 Å². The van der Waals surface area contributed by atoms with E-state index in [1.54, 1.807) is 0 Å². The summed E-state index contributed by atoms with van der Waals surface area (Å²) in [4.78, 5) is 9.82. The van der Waals surface area contributed by atoms with Crippen molar-refractivity contribution in [2.24, 2.45) is 0 Å². The normalized spacial score (nSPS) is 15.3. The van der Waals surface area contributed by atoms with Gasteiger partial charge in [0, 0.05) is 24.3 Å². The third-order valence-corrected chi connectivity index (χ3v) is 3.26. The van der Waals surface area contributed by atoms with Gasteiger partial charge in [-0.05, 0) is 12.1 Å². The minimum Gasteiger partial charge on any atom is -0.378 e. The predicted molar refractivity (Wildman–Crippen MR) is 74.9 cm³/mol. The summed E-state index contributed by atoms with van der Waals surface area (Å²) in [6.07, 6.45) is 1.10. The number of halogens is 1. The lowest BCUT2D eigenvalue weighted by molar-refractivity contribution is 0.122. The fourth-order valence-electron chi connectivity index (χ4n) is 2.25. The van der Waals surface area contributed by atoms with E-state index in [4.69, 9.17) is 10.5 Å². The zero-order valence-corrected chi connectivity index (χ0v) is 10.9. The Hall–Kier alpha value is -2.21. The number of rotatable bonds is 2. The summed E-state index contributed by atoms with van der Waals surface area (Å²) >= 11 is 0. The first-order valence-corrected chi connectivity index (χ1v) is 6.45. The SMILES string of the molecule is Nc1ncc(F)c(-c2cccc(N3CCOCC3)c2)n1. The lowest BCUT2D eigenvalue weighted by Gasteiger charge is -2.29. The van der Waals surface area contributed by atoms with E-state index in [0.29, 0.717) is 18.8 Å². The lowest BCUT2D eigenvalue weighted by atomic mass is 10.1. The summed E-state index contributed by atoms with van der Waals surface area (Å²) in [6, 6.07) is 7.61. The van der Waals surface area contributed by atoms with E-state index in [2.05, 4.69) is 14.9 Å². The molecule has 2 heterocycles. The Balaban J connectivity index is 1.96. The number of ether oxygens (including phenoxy) is 1.